The van der Waals surface area contributed by atoms with Gasteiger partial charge in [0.2, 0.25) is 0 Å². The lowest BCUT2D eigenvalue weighted by molar-refractivity contribution is 0.463. The molecule has 96 valence electrons. The number of rotatable bonds is 1. The van der Waals surface area contributed by atoms with E-state index in [9.17, 15) is 0 Å². The van der Waals surface area contributed by atoms with Gasteiger partial charge in [-0.25, -0.2) is 0 Å². The Hall–Kier alpha value is -1.90. The Morgan fingerprint density at radius 2 is 1.89 bits per heavy atom. The third kappa shape index (κ3) is 1.65. The summed E-state index contributed by atoms with van der Waals surface area (Å²) in [7, 11) is 0. The van der Waals surface area contributed by atoms with E-state index in [1.807, 2.05) is 12.4 Å². The van der Waals surface area contributed by atoms with Crippen LogP contribution in [-0.4, -0.2) is 23.1 Å². The van der Waals surface area contributed by atoms with Gasteiger partial charge >= 0.3 is 0 Å². The number of hydrogen-bond acceptors (Lipinski definition) is 3. The number of fused-ring (bicyclic) bond motifs is 2. The third-order valence-corrected chi connectivity index (χ3v) is 4.34. The second-order valence-corrected chi connectivity index (χ2v) is 5.54. The molecule has 3 aliphatic rings. The second kappa shape index (κ2) is 4.05. The van der Waals surface area contributed by atoms with Crippen LogP contribution in [0.4, 0.5) is 5.69 Å². The molecule has 0 radical (unpaired) electrons. The monoisotopic (exact) mass is 251 g/mol. The lowest BCUT2D eigenvalue weighted by Crippen LogP contribution is -2.39. The quantitative estimate of drug-likeness (QED) is 0.779. The SMILES string of the molecule is Cc1cc(-c2ccncc2)c2c(n1)C1CCN2CC1. The zero-order valence-corrected chi connectivity index (χ0v) is 11.1. The maximum absolute atomic E-state index is 4.83. The molecule has 0 N–H and O–H groups in total. The summed E-state index contributed by atoms with van der Waals surface area (Å²) in [6, 6.07) is 6.41. The van der Waals surface area contributed by atoms with Gasteiger partial charge in [-0.05, 0) is 43.5 Å². The fraction of sp³-hybridized carbons (Fsp3) is 0.375. The average molecular weight is 251 g/mol. The van der Waals surface area contributed by atoms with Crippen molar-refractivity contribution < 1.29 is 0 Å². The fourth-order valence-corrected chi connectivity index (χ4v) is 3.44. The van der Waals surface area contributed by atoms with Gasteiger partial charge in [-0.3, -0.25) is 9.97 Å². The Kier molecular flexibility index (Phi) is 2.34. The number of aromatic nitrogens is 2. The first-order chi connectivity index (χ1) is 9.33. The van der Waals surface area contributed by atoms with Gasteiger partial charge in [-0.2, -0.15) is 0 Å². The number of pyridine rings is 2. The van der Waals surface area contributed by atoms with Crippen molar-refractivity contribution in [1.82, 2.24) is 9.97 Å². The van der Waals surface area contributed by atoms with Crippen molar-refractivity contribution in [1.29, 1.82) is 0 Å². The van der Waals surface area contributed by atoms with Crippen LogP contribution < -0.4 is 4.90 Å². The van der Waals surface area contributed by atoms with Gasteiger partial charge < -0.3 is 4.90 Å². The fourth-order valence-electron chi connectivity index (χ4n) is 3.44. The third-order valence-electron chi connectivity index (χ3n) is 4.34. The molecule has 1 saturated heterocycles. The Bertz CT molecular complexity index is 613. The minimum absolute atomic E-state index is 0.667. The van der Waals surface area contributed by atoms with E-state index in [4.69, 9.17) is 4.98 Å². The minimum Gasteiger partial charge on any atom is -0.370 e. The maximum atomic E-state index is 4.83. The molecule has 0 saturated carbocycles. The normalized spacial score (nSPS) is 17.6. The van der Waals surface area contributed by atoms with Crippen molar-refractivity contribution in [3.8, 4) is 11.1 Å². The topological polar surface area (TPSA) is 29.0 Å². The summed E-state index contributed by atoms with van der Waals surface area (Å²) in [6.45, 7) is 4.46. The van der Waals surface area contributed by atoms with E-state index >= 15 is 0 Å². The zero-order chi connectivity index (χ0) is 12.8. The largest absolute Gasteiger partial charge is 0.370 e. The van der Waals surface area contributed by atoms with Crippen LogP contribution in [0.5, 0.6) is 0 Å². The molecule has 3 heteroatoms. The van der Waals surface area contributed by atoms with E-state index in [1.54, 1.807) is 0 Å². The van der Waals surface area contributed by atoms with Crippen molar-refractivity contribution >= 4 is 5.69 Å². The summed E-state index contributed by atoms with van der Waals surface area (Å²) in [5, 5.41) is 0. The number of piperidine rings is 1. The lowest BCUT2D eigenvalue weighted by atomic mass is 9.84. The smallest absolute Gasteiger partial charge is 0.0678 e. The summed E-state index contributed by atoms with van der Waals surface area (Å²) in [5.74, 6) is 0.667. The first-order valence-corrected chi connectivity index (χ1v) is 7.00. The summed E-state index contributed by atoms with van der Waals surface area (Å²) in [6.07, 6.45) is 6.26. The van der Waals surface area contributed by atoms with Crippen LogP contribution in [0.25, 0.3) is 11.1 Å². The molecular weight excluding hydrogens is 234 g/mol. The highest BCUT2D eigenvalue weighted by atomic mass is 15.2. The van der Waals surface area contributed by atoms with Crippen LogP contribution in [0.1, 0.15) is 30.1 Å². The van der Waals surface area contributed by atoms with Gasteiger partial charge in [0.15, 0.2) is 0 Å². The average Bonchev–Trinajstić information content (AvgIpc) is 2.48. The molecule has 0 unspecified atom stereocenters. The first kappa shape index (κ1) is 11.0. The van der Waals surface area contributed by atoms with Crippen LogP contribution in [-0.2, 0) is 0 Å². The van der Waals surface area contributed by atoms with Gasteiger partial charge in [-0.1, -0.05) is 0 Å². The van der Waals surface area contributed by atoms with Crippen LogP contribution in [0.15, 0.2) is 30.6 Å². The van der Waals surface area contributed by atoms with Crippen molar-refractivity contribution in [2.24, 2.45) is 0 Å². The maximum Gasteiger partial charge on any atom is 0.0678 e. The summed E-state index contributed by atoms with van der Waals surface area (Å²) < 4.78 is 0. The molecule has 2 aromatic rings. The van der Waals surface area contributed by atoms with Gasteiger partial charge in [0.1, 0.15) is 0 Å². The molecule has 3 aliphatic heterocycles. The van der Waals surface area contributed by atoms with Gasteiger partial charge in [0, 0.05) is 42.7 Å². The van der Waals surface area contributed by atoms with E-state index in [-0.39, 0.29) is 0 Å². The van der Waals surface area contributed by atoms with Gasteiger partial charge in [-0.15, -0.1) is 0 Å². The van der Waals surface area contributed by atoms with Gasteiger partial charge in [0.25, 0.3) is 0 Å². The van der Waals surface area contributed by atoms with Crippen LogP contribution in [0.2, 0.25) is 0 Å². The summed E-state index contributed by atoms with van der Waals surface area (Å²) in [4.78, 5) is 11.5. The molecule has 2 aromatic heterocycles. The molecule has 0 amide bonds. The Balaban J connectivity index is 1.97. The Morgan fingerprint density at radius 1 is 1.16 bits per heavy atom. The summed E-state index contributed by atoms with van der Waals surface area (Å²) in [5.41, 5.74) is 6.40. The lowest BCUT2D eigenvalue weighted by Gasteiger charge is -2.42. The second-order valence-electron chi connectivity index (χ2n) is 5.54. The number of anilines is 1. The molecule has 0 spiro atoms. The van der Waals surface area contributed by atoms with Crippen LogP contribution in [0, 0.1) is 6.92 Å². The van der Waals surface area contributed by atoms with E-state index in [0.29, 0.717) is 5.92 Å². The highest BCUT2D eigenvalue weighted by Crippen LogP contribution is 2.46. The number of nitrogens with zero attached hydrogens (tertiary/aromatic N) is 3. The predicted molar refractivity (Wildman–Crippen MR) is 76.4 cm³/mol. The van der Waals surface area contributed by atoms with E-state index in [0.717, 1.165) is 5.69 Å². The Morgan fingerprint density at radius 3 is 2.63 bits per heavy atom. The molecule has 2 bridgehead atoms. The van der Waals surface area contributed by atoms with Gasteiger partial charge in [0.05, 0.1) is 11.4 Å². The molecule has 19 heavy (non-hydrogen) atoms. The predicted octanol–water partition coefficient (Wildman–Crippen LogP) is 3.15. The van der Waals surface area contributed by atoms with Crippen molar-refractivity contribution in [2.45, 2.75) is 25.7 Å². The van der Waals surface area contributed by atoms with E-state index in [2.05, 4.69) is 35.0 Å². The molecule has 0 atom stereocenters. The van der Waals surface area contributed by atoms with E-state index < -0.39 is 0 Å². The molecule has 5 heterocycles. The number of aryl methyl sites for hydroxylation is 1. The molecule has 5 rings (SSSR count). The highest BCUT2D eigenvalue weighted by molar-refractivity contribution is 5.82. The molecule has 1 fully saturated rings. The number of hydrogen-bond donors (Lipinski definition) is 0. The molecule has 3 nitrogen and oxygen atoms in total. The zero-order valence-electron chi connectivity index (χ0n) is 11.1. The highest BCUT2D eigenvalue weighted by Gasteiger charge is 2.34. The Labute approximate surface area is 113 Å². The van der Waals surface area contributed by atoms with Crippen molar-refractivity contribution in [2.75, 3.05) is 18.0 Å². The molecule has 0 aliphatic carbocycles. The molecule has 0 aromatic carbocycles. The van der Waals surface area contributed by atoms with E-state index in [1.165, 1.54) is 48.4 Å². The minimum atomic E-state index is 0.667. The summed E-state index contributed by atoms with van der Waals surface area (Å²) >= 11 is 0. The molecular formula is C16H17N3. The van der Waals surface area contributed by atoms with Crippen molar-refractivity contribution in [3.63, 3.8) is 0 Å². The van der Waals surface area contributed by atoms with Crippen molar-refractivity contribution in [3.05, 3.63) is 42.0 Å². The first-order valence-electron chi connectivity index (χ1n) is 7.00. The van der Waals surface area contributed by atoms with Crippen LogP contribution >= 0.6 is 0 Å². The standard InChI is InChI=1S/C16H17N3/c1-11-10-14(12-2-6-17-7-3-12)16-15(18-11)13-4-8-19(16)9-5-13/h2-3,6-7,10,13H,4-5,8-9H2,1H3. The van der Waals surface area contributed by atoms with Crippen LogP contribution in [0.3, 0.4) is 0 Å².